The van der Waals surface area contributed by atoms with E-state index in [1.54, 1.807) is 18.2 Å². The van der Waals surface area contributed by atoms with E-state index in [-0.39, 0.29) is 6.04 Å². The maximum absolute atomic E-state index is 12.3. The number of benzene rings is 1. The first-order valence-corrected chi connectivity index (χ1v) is 7.55. The van der Waals surface area contributed by atoms with Crippen molar-refractivity contribution in [2.75, 3.05) is 19.8 Å². The van der Waals surface area contributed by atoms with Gasteiger partial charge < -0.3 is 19.6 Å². The molecule has 124 valence electrons. The van der Waals surface area contributed by atoms with Crippen LogP contribution in [0.3, 0.4) is 0 Å². The van der Waals surface area contributed by atoms with Crippen molar-refractivity contribution in [1.82, 2.24) is 9.96 Å². The molecule has 3 rings (SSSR count). The predicted octanol–water partition coefficient (Wildman–Crippen LogP) is 1.02. The Balaban J connectivity index is 1.98. The Labute approximate surface area is 143 Å². The maximum atomic E-state index is 12.3. The summed E-state index contributed by atoms with van der Waals surface area (Å²) < 4.78 is 15.1. The van der Waals surface area contributed by atoms with Gasteiger partial charge in [0.2, 0.25) is 5.91 Å². The molecule has 1 fully saturated rings. The van der Waals surface area contributed by atoms with Gasteiger partial charge in [0.15, 0.2) is 0 Å². The van der Waals surface area contributed by atoms with Crippen molar-refractivity contribution in [3.05, 3.63) is 29.3 Å². The Kier molecular flexibility index (Phi) is 4.57. The molecule has 8 nitrogen and oxygen atoms in total. The molecule has 0 radical (unpaired) electrons. The van der Waals surface area contributed by atoms with Crippen LogP contribution >= 0.6 is 25.8 Å². The van der Waals surface area contributed by atoms with E-state index >= 15 is 0 Å². The highest BCUT2D eigenvalue weighted by molar-refractivity contribution is 7.75. The van der Waals surface area contributed by atoms with Crippen LogP contribution in [0.15, 0.2) is 18.2 Å². The molecule has 1 aromatic carbocycles. The Morgan fingerprint density at radius 1 is 1.30 bits per heavy atom. The molecular formula is C13H15N3O5S2. The summed E-state index contributed by atoms with van der Waals surface area (Å²) in [4.78, 5) is 25.5. The van der Waals surface area contributed by atoms with Crippen LogP contribution in [0.2, 0.25) is 0 Å². The molecule has 0 spiro atoms. The monoisotopic (exact) mass is 357 g/mol. The van der Waals surface area contributed by atoms with E-state index in [0.717, 1.165) is 10.6 Å². The molecule has 10 heteroatoms. The normalized spacial score (nSPS) is 22.3. The van der Waals surface area contributed by atoms with E-state index in [2.05, 4.69) is 30.0 Å². The lowest BCUT2D eigenvalue weighted by molar-refractivity contribution is -0.122. The number of carbonyl (C=O) groups excluding carboxylic acids is 2. The van der Waals surface area contributed by atoms with Crippen LogP contribution in [0.5, 0.6) is 5.75 Å². The molecular weight excluding hydrogens is 342 g/mol. The lowest BCUT2D eigenvalue weighted by atomic mass is 9.90. The van der Waals surface area contributed by atoms with Crippen LogP contribution < -0.4 is 10.5 Å². The zero-order chi connectivity index (χ0) is 16.6. The van der Waals surface area contributed by atoms with E-state index in [1.165, 1.54) is 4.90 Å². The third kappa shape index (κ3) is 2.71. The van der Waals surface area contributed by atoms with Crippen LogP contribution in [0.1, 0.15) is 23.2 Å². The van der Waals surface area contributed by atoms with Gasteiger partial charge in [-0.3, -0.25) is 4.79 Å². The van der Waals surface area contributed by atoms with Crippen molar-refractivity contribution < 1.29 is 22.8 Å². The zero-order valence-corrected chi connectivity index (χ0v) is 13.7. The van der Waals surface area contributed by atoms with Crippen LogP contribution in [0, 0.1) is 0 Å². The maximum Gasteiger partial charge on any atom is 0.346 e. The number of carbonyl (C=O) groups is 2. The minimum absolute atomic E-state index is 0.295. The number of thiol groups is 2. The summed E-state index contributed by atoms with van der Waals surface area (Å²) >= 11 is 7.37. The summed E-state index contributed by atoms with van der Waals surface area (Å²) in [6.07, 6.45) is 0. The lowest BCUT2D eigenvalue weighted by Gasteiger charge is -2.30. The first-order chi connectivity index (χ1) is 11.1. The number of ether oxygens (including phenoxy) is 1. The fourth-order valence-corrected chi connectivity index (χ4v) is 3.24. The molecule has 2 aliphatic rings. The highest BCUT2D eigenvalue weighted by atomic mass is 32.1. The molecule has 0 saturated carbocycles. The molecule has 2 bridgehead atoms. The van der Waals surface area contributed by atoms with Crippen LogP contribution in [0.4, 0.5) is 4.79 Å². The minimum Gasteiger partial charge on any atom is -0.491 e. The van der Waals surface area contributed by atoms with Gasteiger partial charge in [0.1, 0.15) is 24.4 Å². The number of fused-ring (bicyclic) bond motifs is 4. The van der Waals surface area contributed by atoms with Gasteiger partial charge in [0, 0.05) is 12.9 Å². The zero-order valence-electron chi connectivity index (χ0n) is 11.9. The average Bonchev–Trinajstić information content (AvgIpc) is 2.81. The standard InChI is InChI=1S/C13H15N3O5S2/c14-12(17)11-8-2-1-7(19-3-4-20-22)5-9(8)10-6-15(11)13(18)16(10)21-23/h1-2,5,10-11,22-23H,3-4,6H2,(H2,14,17). The van der Waals surface area contributed by atoms with E-state index in [9.17, 15) is 9.59 Å². The van der Waals surface area contributed by atoms with Gasteiger partial charge in [-0.1, -0.05) is 6.07 Å². The summed E-state index contributed by atoms with van der Waals surface area (Å²) in [5.74, 6) is -0.0135. The highest BCUT2D eigenvalue weighted by Gasteiger charge is 2.50. The fraction of sp³-hybridized carbons (Fsp3) is 0.385. The van der Waals surface area contributed by atoms with Crippen LogP contribution in [-0.2, 0) is 13.3 Å². The number of hydroxylamine groups is 2. The average molecular weight is 357 g/mol. The second-order valence-corrected chi connectivity index (χ2v) is 5.56. The van der Waals surface area contributed by atoms with Crippen molar-refractivity contribution in [3.8, 4) is 5.75 Å². The van der Waals surface area contributed by atoms with Gasteiger partial charge in [-0.25, -0.2) is 9.08 Å². The molecule has 1 saturated heterocycles. The topological polar surface area (TPSA) is 94.3 Å². The quantitative estimate of drug-likeness (QED) is 0.401. The Morgan fingerprint density at radius 3 is 2.74 bits per heavy atom. The van der Waals surface area contributed by atoms with Crippen molar-refractivity contribution in [2.24, 2.45) is 5.73 Å². The first kappa shape index (κ1) is 16.2. The van der Waals surface area contributed by atoms with Crippen molar-refractivity contribution in [1.29, 1.82) is 0 Å². The molecule has 1 aromatic rings. The van der Waals surface area contributed by atoms with E-state index in [1.807, 2.05) is 0 Å². The van der Waals surface area contributed by atoms with Gasteiger partial charge in [-0.05, 0) is 36.2 Å². The largest absolute Gasteiger partial charge is 0.491 e. The second kappa shape index (κ2) is 6.48. The lowest BCUT2D eigenvalue weighted by Crippen LogP contribution is -2.41. The third-order valence-corrected chi connectivity index (χ3v) is 4.27. The molecule has 3 amide bonds. The number of urea groups is 1. The van der Waals surface area contributed by atoms with E-state index < -0.39 is 18.0 Å². The molecule has 2 atom stereocenters. The molecule has 2 N–H and O–H groups in total. The molecule has 0 aromatic heterocycles. The Bertz CT molecular complexity index is 644. The van der Waals surface area contributed by atoms with Gasteiger partial charge >= 0.3 is 6.03 Å². The van der Waals surface area contributed by atoms with Crippen LogP contribution in [0.25, 0.3) is 0 Å². The van der Waals surface area contributed by atoms with Crippen LogP contribution in [-0.4, -0.2) is 41.7 Å². The molecule has 2 heterocycles. The summed E-state index contributed by atoms with van der Waals surface area (Å²) in [6.45, 7) is 0.943. The van der Waals surface area contributed by atoms with Gasteiger partial charge in [-0.2, -0.15) is 5.06 Å². The second-order valence-electron chi connectivity index (χ2n) is 5.14. The number of primary amides is 1. The number of amides is 3. The number of rotatable bonds is 6. The van der Waals surface area contributed by atoms with E-state index in [4.69, 9.17) is 14.8 Å². The van der Waals surface area contributed by atoms with Gasteiger partial charge in [0.05, 0.1) is 13.2 Å². The predicted molar refractivity (Wildman–Crippen MR) is 85.6 cm³/mol. The smallest absolute Gasteiger partial charge is 0.346 e. The SMILES string of the molecule is NC(=O)C1c2ccc(OCCOS)cc2C2CN1C(=O)N2OS. The number of hydrogen-bond acceptors (Lipinski definition) is 7. The third-order valence-electron chi connectivity index (χ3n) is 3.91. The summed E-state index contributed by atoms with van der Waals surface area (Å²) in [7, 11) is 0. The minimum atomic E-state index is -0.836. The van der Waals surface area contributed by atoms with Crippen molar-refractivity contribution in [2.45, 2.75) is 12.1 Å². The Morgan fingerprint density at radius 2 is 2.09 bits per heavy atom. The summed E-state index contributed by atoms with van der Waals surface area (Å²) in [5.41, 5.74) is 6.89. The molecule has 23 heavy (non-hydrogen) atoms. The van der Waals surface area contributed by atoms with Gasteiger partial charge in [0.25, 0.3) is 0 Å². The van der Waals surface area contributed by atoms with Crippen molar-refractivity contribution in [3.63, 3.8) is 0 Å². The van der Waals surface area contributed by atoms with E-state index in [0.29, 0.717) is 31.1 Å². The van der Waals surface area contributed by atoms with Gasteiger partial charge in [-0.15, -0.1) is 0 Å². The fourth-order valence-electron chi connectivity index (χ4n) is 2.98. The number of hydrogen-bond donors (Lipinski definition) is 3. The first-order valence-electron chi connectivity index (χ1n) is 6.82. The number of nitrogens with two attached hydrogens (primary N) is 1. The molecule has 2 unspecified atom stereocenters. The summed E-state index contributed by atoms with van der Waals surface area (Å²) in [6, 6.07) is 3.55. The molecule has 2 aliphatic heterocycles. The van der Waals surface area contributed by atoms with Crippen molar-refractivity contribution >= 4 is 37.8 Å². The summed E-state index contributed by atoms with van der Waals surface area (Å²) in [5, 5.41) is 1.12. The Hall–Kier alpha value is -1.62. The number of nitrogens with zero attached hydrogens (tertiary/aromatic N) is 2. The molecule has 0 aliphatic carbocycles. The highest BCUT2D eigenvalue weighted by Crippen LogP contribution is 2.45.